The van der Waals surface area contributed by atoms with Gasteiger partial charge in [-0.2, -0.15) is 4.68 Å². The predicted octanol–water partition coefficient (Wildman–Crippen LogP) is 8.06. The van der Waals surface area contributed by atoms with Gasteiger partial charge in [-0.15, -0.1) is 0 Å². The fourth-order valence-electron chi connectivity index (χ4n) is 4.38. The normalized spacial score (nSPS) is 10.1. The summed E-state index contributed by atoms with van der Waals surface area (Å²) in [5, 5.41) is 29.0. The van der Waals surface area contributed by atoms with Crippen molar-refractivity contribution >= 4 is 46.9 Å². The molecule has 0 saturated heterocycles. The summed E-state index contributed by atoms with van der Waals surface area (Å²) in [6.07, 6.45) is -0.194. The minimum Gasteiger partial charge on any atom is -0.481 e. The molecular formula is C37H31Cl2N5O6. The lowest BCUT2D eigenvalue weighted by Crippen LogP contribution is -2.03. The molecule has 0 amide bonds. The van der Waals surface area contributed by atoms with Gasteiger partial charge in [-0.3, -0.25) is 14.4 Å². The molecule has 13 heteroatoms. The van der Waals surface area contributed by atoms with Crippen LogP contribution in [0.1, 0.15) is 28.8 Å². The second-order valence-electron chi connectivity index (χ2n) is 10.4. The van der Waals surface area contributed by atoms with Crippen molar-refractivity contribution < 1.29 is 29.3 Å². The molecule has 4 N–H and O–H groups in total. The number of carbonyl (C=O) groups is 3. The molecule has 1 aromatic heterocycles. The third-order valence-electron chi connectivity index (χ3n) is 6.80. The van der Waals surface area contributed by atoms with Crippen LogP contribution < -0.4 is 10.5 Å². The number of aliphatic carboxylic acids is 2. The standard InChI is InChI=1S/C16H14O3.C14H10Cl2O3.C7H7N5/c17-15(10-11-16(18)19)14-8-6-13(7-9-14)12-4-2-1-3-5-12;15-10-5-6-13(11(16)8-10)19-12-4-2-1-3-9(12)7-14(17)18;8-7-9-10-11-12(7)6-4-2-1-3-5-6/h1-9H,10-11H2,(H,18,19);1-6,8H,7H2,(H,17,18);1-5H,(H2,8,9,11). The monoisotopic (exact) mass is 711 g/mol. The van der Waals surface area contributed by atoms with E-state index in [2.05, 4.69) is 15.5 Å². The zero-order valence-electron chi connectivity index (χ0n) is 26.4. The summed E-state index contributed by atoms with van der Waals surface area (Å²) in [6, 6.07) is 38.4. The number of ether oxygens (including phenoxy) is 1. The van der Waals surface area contributed by atoms with Crippen LogP contribution in [-0.4, -0.2) is 48.1 Å². The molecule has 11 nitrogen and oxygen atoms in total. The zero-order valence-corrected chi connectivity index (χ0v) is 27.9. The van der Waals surface area contributed by atoms with E-state index in [0.717, 1.165) is 16.8 Å². The number of nitrogens with zero attached hydrogens (tertiary/aromatic N) is 4. The van der Waals surface area contributed by atoms with Crippen LogP contribution in [0.4, 0.5) is 5.95 Å². The van der Waals surface area contributed by atoms with Crippen LogP contribution in [0.5, 0.6) is 11.5 Å². The molecule has 0 atom stereocenters. The molecule has 5 aromatic carbocycles. The van der Waals surface area contributed by atoms with E-state index >= 15 is 0 Å². The number of nitrogen functional groups attached to an aromatic ring is 1. The average Bonchev–Trinajstić information content (AvgIpc) is 3.56. The second kappa shape index (κ2) is 18.5. The number of halogens is 2. The summed E-state index contributed by atoms with van der Waals surface area (Å²) in [5.74, 6) is -0.811. The number of Topliss-reactive ketones (excluding diaryl/α,β-unsaturated/α-hetero) is 1. The number of para-hydroxylation sites is 2. The molecule has 6 rings (SSSR count). The second-order valence-corrected chi connectivity index (χ2v) is 11.2. The van der Waals surface area contributed by atoms with E-state index in [-0.39, 0.29) is 25.0 Å². The molecule has 0 radical (unpaired) electrons. The summed E-state index contributed by atoms with van der Waals surface area (Å²) in [4.78, 5) is 32.9. The first-order valence-electron chi connectivity index (χ1n) is 15.0. The predicted molar refractivity (Wildman–Crippen MR) is 191 cm³/mol. The lowest BCUT2D eigenvalue weighted by Gasteiger charge is -2.11. The van der Waals surface area contributed by atoms with Crippen molar-refractivity contribution in [2.75, 3.05) is 5.73 Å². The number of rotatable bonds is 10. The molecule has 50 heavy (non-hydrogen) atoms. The Morgan fingerprint density at radius 3 is 1.92 bits per heavy atom. The van der Waals surface area contributed by atoms with Crippen LogP contribution in [-0.2, 0) is 16.0 Å². The highest BCUT2D eigenvalue weighted by atomic mass is 35.5. The van der Waals surface area contributed by atoms with Gasteiger partial charge in [0.05, 0.1) is 23.6 Å². The van der Waals surface area contributed by atoms with Crippen molar-refractivity contribution in [2.45, 2.75) is 19.3 Å². The van der Waals surface area contributed by atoms with Crippen LogP contribution in [0, 0.1) is 0 Å². The Labute approximate surface area is 297 Å². The fraction of sp³-hybridized carbons (Fsp3) is 0.0811. The van der Waals surface area contributed by atoms with Crippen molar-refractivity contribution in [3.63, 3.8) is 0 Å². The average molecular weight is 713 g/mol. The number of benzene rings is 5. The van der Waals surface area contributed by atoms with E-state index in [0.29, 0.717) is 38.6 Å². The van der Waals surface area contributed by atoms with Gasteiger partial charge in [0, 0.05) is 22.6 Å². The molecule has 254 valence electrons. The number of carboxylic acids is 2. The number of carboxylic acid groups (broad SMARTS) is 2. The molecular weight excluding hydrogens is 681 g/mol. The Morgan fingerprint density at radius 1 is 0.700 bits per heavy atom. The number of nitrogens with two attached hydrogens (primary N) is 1. The Balaban J connectivity index is 0.000000173. The van der Waals surface area contributed by atoms with Gasteiger partial charge in [0.15, 0.2) is 5.78 Å². The summed E-state index contributed by atoms with van der Waals surface area (Å²) >= 11 is 11.8. The van der Waals surface area contributed by atoms with Crippen molar-refractivity contribution in [3.8, 4) is 28.3 Å². The first-order valence-corrected chi connectivity index (χ1v) is 15.8. The van der Waals surface area contributed by atoms with E-state index in [1.807, 2.05) is 72.8 Å². The van der Waals surface area contributed by atoms with Crippen molar-refractivity contribution in [1.82, 2.24) is 20.2 Å². The SMILES string of the molecule is Nc1nnnn1-c1ccccc1.O=C(O)CCC(=O)c1ccc(-c2ccccc2)cc1.O=C(O)Cc1ccccc1Oc1ccc(Cl)cc1Cl. The van der Waals surface area contributed by atoms with Gasteiger partial charge >= 0.3 is 11.9 Å². The van der Waals surface area contributed by atoms with Gasteiger partial charge in [-0.1, -0.05) is 119 Å². The van der Waals surface area contributed by atoms with Crippen molar-refractivity contribution in [2.24, 2.45) is 0 Å². The van der Waals surface area contributed by atoms with Crippen LogP contribution in [0.3, 0.4) is 0 Å². The van der Waals surface area contributed by atoms with Gasteiger partial charge in [0.1, 0.15) is 11.5 Å². The first kappa shape index (κ1) is 36.8. The van der Waals surface area contributed by atoms with E-state index in [9.17, 15) is 14.4 Å². The van der Waals surface area contributed by atoms with Gasteiger partial charge in [0.25, 0.3) is 0 Å². The molecule has 6 aromatic rings. The minimum atomic E-state index is -0.950. The third kappa shape index (κ3) is 11.3. The molecule has 0 aliphatic rings. The topological polar surface area (TPSA) is 171 Å². The molecule has 0 bridgehead atoms. The van der Waals surface area contributed by atoms with Gasteiger partial charge in [-0.25, -0.2) is 0 Å². The molecule has 0 aliphatic heterocycles. The maximum atomic E-state index is 11.7. The molecule has 0 saturated carbocycles. The minimum absolute atomic E-state index is 0.0417. The Morgan fingerprint density at radius 2 is 1.32 bits per heavy atom. The summed E-state index contributed by atoms with van der Waals surface area (Å²) in [7, 11) is 0. The van der Waals surface area contributed by atoms with Crippen molar-refractivity contribution in [1.29, 1.82) is 0 Å². The van der Waals surface area contributed by atoms with Crippen LogP contribution in [0.2, 0.25) is 10.0 Å². The third-order valence-corrected chi connectivity index (χ3v) is 7.33. The molecule has 0 fully saturated rings. The van der Waals surface area contributed by atoms with Crippen LogP contribution in [0.25, 0.3) is 16.8 Å². The molecule has 0 spiro atoms. The quantitative estimate of drug-likeness (QED) is 0.118. The number of carbonyl (C=O) groups excluding carboxylic acids is 1. The fourth-order valence-corrected chi connectivity index (χ4v) is 4.83. The van der Waals surface area contributed by atoms with Gasteiger partial charge in [-0.05, 0) is 58.0 Å². The molecule has 0 unspecified atom stereocenters. The highest BCUT2D eigenvalue weighted by Crippen LogP contribution is 2.33. The van der Waals surface area contributed by atoms with Crippen LogP contribution in [0.15, 0.2) is 127 Å². The highest BCUT2D eigenvalue weighted by Gasteiger charge is 2.11. The summed E-state index contributed by atoms with van der Waals surface area (Å²) in [6.45, 7) is 0. The van der Waals surface area contributed by atoms with E-state index < -0.39 is 11.9 Å². The molecule has 1 heterocycles. The number of ketones is 1. The molecule has 0 aliphatic carbocycles. The number of tetrazole rings is 1. The highest BCUT2D eigenvalue weighted by molar-refractivity contribution is 6.35. The van der Waals surface area contributed by atoms with E-state index in [4.69, 9.17) is 43.9 Å². The number of anilines is 1. The maximum absolute atomic E-state index is 11.7. The largest absolute Gasteiger partial charge is 0.481 e. The first-order chi connectivity index (χ1) is 24.1. The number of aromatic nitrogens is 4. The Hall–Kier alpha value is -6.04. The summed E-state index contributed by atoms with van der Waals surface area (Å²) in [5.41, 5.74) is 9.63. The van der Waals surface area contributed by atoms with E-state index in [1.54, 1.807) is 54.6 Å². The van der Waals surface area contributed by atoms with Gasteiger partial charge in [0.2, 0.25) is 5.95 Å². The van der Waals surface area contributed by atoms with Gasteiger partial charge < -0.3 is 20.7 Å². The zero-order chi connectivity index (χ0) is 35.9. The van der Waals surface area contributed by atoms with Crippen molar-refractivity contribution in [3.05, 3.63) is 149 Å². The van der Waals surface area contributed by atoms with E-state index in [1.165, 1.54) is 4.68 Å². The number of hydrogen-bond acceptors (Lipinski definition) is 8. The maximum Gasteiger partial charge on any atom is 0.307 e. The Bertz CT molecular complexity index is 2020. The lowest BCUT2D eigenvalue weighted by molar-refractivity contribution is -0.137. The summed E-state index contributed by atoms with van der Waals surface area (Å²) < 4.78 is 7.11. The Kier molecular flexibility index (Phi) is 13.6. The lowest BCUT2D eigenvalue weighted by atomic mass is 10.0. The van der Waals surface area contributed by atoms with Crippen LogP contribution >= 0.6 is 23.2 Å². The number of hydrogen-bond donors (Lipinski definition) is 3. The smallest absolute Gasteiger partial charge is 0.307 e.